The maximum atomic E-state index is 14.1. The lowest BCUT2D eigenvalue weighted by molar-refractivity contribution is -0.152. The van der Waals surface area contributed by atoms with Crippen molar-refractivity contribution in [2.24, 2.45) is 16.2 Å². The number of hydrogen-bond acceptors (Lipinski definition) is 1. The van der Waals surface area contributed by atoms with Crippen molar-refractivity contribution in [2.75, 3.05) is 7.05 Å². The first kappa shape index (κ1) is 27.5. The molecular formula is C26H53NO. The first-order valence-corrected chi connectivity index (χ1v) is 12.2. The highest BCUT2D eigenvalue weighted by molar-refractivity contribution is 5.83. The molecule has 2 nitrogen and oxygen atoms in total. The summed E-state index contributed by atoms with van der Waals surface area (Å²) in [5.41, 5.74) is 0.260. The molecule has 0 aromatic rings. The van der Waals surface area contributed by atoms with E-state index in [2.05, 4.69) is 81.2 Å². The molecule has 0 heterocycles. The Morgan fingerprint density at radius 3 is 1.25 bits per heavy atom. The molecule has 0 unspecified atom stereocenters. The van der Waals surface area contributed by atoms with E-state index >= 15 is 0 Å². The second-order valence-corrected chi connectivity index (χ2v) is 10.2. The maximum Gasteiger partial charge on any atom is 0.228 e. The van der Waals surface area contributed by atoms with E-state index < -0.39 is 0 Å². The Morgan fingerprint density at radius 2 is 0.964 bits per heavy atom. The fourth-order valence-electron chi connectivity index (χ4n) is 5.15. The molecule has 2 heteroatoms. The summed E-state index contributed by atoms with van der Waals surface area (Å²) in [6.45, 7) is 23.0. The molecule has 1 amide bonds. The normalized spacial score (nSPS) is 13.7. The number of hydrogen-bond donors (Lipinski definition) is 0. The van der Waals surface area contributed by atoms with Crippen molar-refractivity contribution in [1.29, 1.82) is 0 Å². The van der Waals surface area contributed by atoms with Crippen LogP contribution in [-0.4, -0.2) is 23.4 Å². The number of amides is 1. The van der Waals surface area contributed by atoms with Gasteiger partial charge in [-0.25, -0.2) is 0 Å². The van der Waals surface area contributed by atoms with Gasteiger partial charge < -0.3 is 4.90 Å². The topological polar surface area (TPSA) is 20.3 Å². The number of rotatable bonds is 14. The molecule has 0 aromatic carbocycles. The standard InChI is InChI=1S/C26H53NO/c1-12-23(9,13-2)20-25(16-5,17-6)22(28)27(11)26(18-7,19-8)21-24(10,14-3)15-4/h12-21H2,1-11H3. The lowest BCUT2D eigenvalue weighted by Crippen LogP contribution is -2.56. The number of carbonyl (C=O) groups excluding carboxylic acids is 1. The van der Waals surface area contributed by atoms with Crippen molar-refractivity contribution in [2.45, 2.75) is 139 Å². The van der Waals surface area contributed by atoms with Crippen LogP contribution in [0.2, 0.25) is 0 Å². The Kier molecular flexibility index (Phi) is 10.8. The van der Waals surface area contributed by atoms with Gasteiger partial charge >= 0.3 is 0 Å². The third kappa shape index (κ3) is 5.76. The van der Waals surface area contributed by atoms with E-state index in [1.807, 2.05) is 0 Å². The highest BCUT2D eigenvalue weighted by atomic mass is 16.2. The van der Waals surface area contributed by atoms with Crippen LogP contribution in [-0.2, 0) is 4.79 Å². The summed E-state index contributed by atoms with van der Waals surface area (Å²) in [5.74, 6) is 0.392. The molecule has 0 fully saturated rings. The van der Waals surface area contributed by atoms with Crippen LogP contribution < -0.4 is 0 Å². The van der Waals surface area contributed by atoms with Crippen molar-refractivity contribution in [3.63, 3.8) is 0 Å². The molecule has 0 aliphatic carbocycles. The molecule has 0 radical (unpaired) electrons. The van der Waals surface area contributed by atoms with Crippen molar-refractivity contribution < 1.29 is 4.79 Å². The van der Waals surface area contributed by atoms with E-state index in [0.29, 0.717) is 11.3 Å². The monoisotopic (exact) mass is 395 g/mol. The zero-order chi connectivity index (χ0) is 22.2. The van der Waals surface area contributed by atoms with Gasteiger partial charge in [0.2, 0.25) is 5.91 Å². The van der Waals surface area contributed by atoms with Gasteiger partial charge in [-0.3, -0.25) is 4.79 Å². The van der Waals surface area contributed by atoms with Crippen LogP contribution in [0.5, 0.6) is 0 Å². The van der Waals surface area contributed by atoms with Crippen LogP contribution >= 0.6 is 0 Å². The summed E-state index contributed by atoms with van der Waals surface area (Å²) in [5, 5.41) is 0. The fraction of sp³-hybridized carbons (Fsp3) is 0.962. The van der Waals surface area contributed by atoms with E-state index in [1.165, 1.54) is 12.8 Å². The minimum Gasteiger partial charge on any atom is -0.340 e. The summed E-state index contributed by atoms with van der Waals surface area (Å²) in [7, 11) is 2.11. The van der Waals surface area contributed by atoms with Gasteiger partial charge in [-0.1, -0.05) is 94.9 Å². The van der Waals surface area contributed by atoms with Gasteiger partial charge in [-0.05, 0) is 49.4 Å². The summed E-state index contributed by atoms with van der Waals surface area (Å²) in [4.78, 5) is 16.3. The van der Waals surface area contributed by atoms with Gasteiger partial charge in [-0.2, -0.15) is 0 Å². The summed E-state index contributed by atoms with van der Waals surface area (Å²) < 4.78 is 0. The summed E-state index contributed by atoms with van der Waals surface area (Å²) >= 11 is 0. The Bertz CT molecular complexity index is 451. The third-order valence-corrected chi connectivity index (χ3v) is 9.07. The first-order chi connectivity index (χ1) is 13.0. The van der Waals surface area contributed by atoms with Crippen LogP contribution in [0.15, 0.2) is 0 Å². The number of carbonyl (C=O) groups is 1. The predicted molar refractivity (Wildman–Crippen MR) is 126 cm³/mol. The van der Waals surface area contributed by atoms with Gasteiger partial charge in [0.15, 0.2) is 0 Å². The third-order valence-electron chi connectivity index (χ3n) is 9.07. The van der Waals surface area contributed by atoms with Crippen molar-refractivity contribution in [3.05, 3.63) is 0 Å². The lowest BCUT2D eigenvalue weighted by Gasteiger charge is -2.50. The molecule has 0 aliphatic heterocycles. The molecule has 0 aliphatic rings. The highest BCUT2D eigenvalue weighted by Crippen LogP contribution is 2.47. The smallest absolute Gasteiger partial charge is 0.228 e. The number of nitrogens with zero attached hydrogens (tertiary/aromatic N) is 1. The van der Waals surface area contributed by atoms with Gasteiger partial charge in [0.1, 0.15) is 0 Å². The van der Waals surface area contributed by atoms with Crippen LogP contribution in [0, 0.1) is 16.2 Å². The van der Waals surface area contributed by atoms with Gasteiger partial charge in [0.05, 0.1) is 0 Å². The van der Waals surface area contributed by atoms with Gasteiger partial charge in [-0.15, -0.1) is 0 Å². The molecular weight excluding hydrogens is 342 g/mol. The van der Waals surface area contributed by atoms with E-state index in [1.54, 1.807) is 0 Å². The molecule has 0 N–H and O–H groups in total. The summed E-state index contributed by atoms with van der Waals surface area (Å²) in [6.07, 6.45) is 10.7. The minimum absolute atomic E-state index is 0.0394. The van der Waals surface area contributed by atoms with E-state index in [0.717, 1.165) is 51.4 Å². The molecule has 0 aromatic heterocycles. The minimum atomic E-state index is -0.236. The van der Waals surface area contributed by atoms with Crippen LogP contribution in [0.25, 0.3) is 0 Å². The van der Waals surface area contributed by atoms with Gasteiger partial charge in [0, 0.05) is 18.0 Å². The zero-order valence-electron chi connectivity index (χ0n) is 21.4. The Morgan fingerprint density at radius 1 is 0.607 bits per heavy atom. The van der Waals surface area contributed by atoms with E-state index in [9.17, 15) is 4.79 Å². The van der Waals surface area contributed by atoms with Crippen LogP contribution in [0.3, 0.4) is 0 Å². The molecule has 0 saturated heterocycles. The van der Waals surface area contributed by atoms with E-state index in [4.69, 9.17) is 0 Å². The zero-order valence-corrected chi connectivity index (χ0v) is 21.4. The molecule has 28 heavy (non-hydrogen) atoms. The second kappa shape index (κ2) is 11.0. The van der Waals surface area contributed by atoms with E-state index in [-0.39, 0.29) is 16.4 Å². The SMILES string of the molecule is CCC(C)(CC)CC(CC)(CC)C(=O)N(C)C(CC)(CC)CC(C)(CC)CC. The average Bonchev–Trinajstić information content (AvgIpc) is 2.74. The Labute approximate surface area is 178 Å². The lowest BCUT2D eigenvalue weighted by atomic mass is 9.65. The maximum absolute atomic E-state index is 14.1. The van der Waals surface area contributed by atoms with Crippen molar-refractivity contribution >= 4 is 5.91 Å². The van der Waals surface area contributed by atoms with Crippen LogP contribution in [0.1, 0.15) is 133 Å². The first-order valence-electron chi connectivity index (χ1n) is 12.2. The predicted octanol–water partition coefficient (Wildman–Crippen LogP) is 8.24. The van der Waals surface area contributed by atoms with Crippen molar-refractivity contribution in [3.8, 4) is 0 Å². The molecule has 0 atom stereocenters. The summed E-state index contributed by atoms with van der Waals surface area (Å²) in [6, 6.07) is 0. The molecule has 0 bridgehead atoms. The highest BCUT2D eigenvalue weighted by Gasteiger charge is 2.47. The Hall–Kier alpha value is -0.530. The Balaban J connectivity index is 6.07. The molecule has 0 rings (SSSR count). The molecule has 168 valence electrons. The molecule has 0 spiro atoms. The molecule has 0 saturated carbocycles. The fourth-order valence-corrected chi connectivity index (χ4v) is 5.15. The average molecular weight is 396 g/mol. The second-order valence-electron chi connectivity index (χ2n) is 10.2. The van der Waals surface area contributed by atoms with Gasteiger partial charge in [0.25, 0.3) is 0 Å². The van der Waals surface area contributed by atoms with Crippen LogP contribution in [0.4, 0.5) is 0 Å². The van der Waals surface area contributed by atoms with Crippen molar-refractivity contribution in [1.82, 2.24) is 4.90 Å². The quantitative estimate of drug-likeness (QED) is 0.290. The largest absolute Gasteiger partial charge is 0.340 e.